The van der Waals surface area contributed by atoms with Gasteiger partial charge in [0.25, 0.3) is 0 Å². The average molecular weight is 370 g/mol. The second-order valence-corrected chi connectivity index (χ2v) is 7.77. The molecule has 0 bridgehead atoms. The number of nitrogens with zero attached hydrogens (tertiary/aromatic N) is 2. The molecule has 1 fully saturated rings. The van der Waals surface area contributed by atoms with Gasteiger partial charge in [0.1, 0.15) is 5.75 Å². The van der Waals surface area contributed by atoms with E-state index in [9.17, 15) is 9.59 Å². The largest absolute Gasteiger partial charge is 0.493 e. The molecule has 2 aliphatic rings. The summed E-state index contributed by atoms with van der Waals surface area (Å²) in [5, 5.41) is 1.99. The third-order valence-corrected chi connectivity index (χ3v) is 5.88. The van der Waals surface area contributed by atoms with Crippen LogP contribution in [0.1, 0.15) is 16.0 Å². The SMILES string of the molecule is O=C(Cc1ccc2c(c1)CCO2)N1CCN(C(=O)Cc2cccs2)CC1. The molecule has 5 nitrogen and oxygen atoms in total. The number of carbonyl (C=O) groups is 2. The van der Waals surface area contributed by atoms with E-state index in [-0.39, 0.29) is 11.8 Å². The number of piperazine rings is 1. The molecule has 6 heteroatoms. The van der Waals surface area contributed by atoms with E-state index in [4.69, 9.17) is 4.74 Å². The zero-order chi connectivity index (χ0) is 17.9. The van der Waals surface area contributed by atoms with Gasteiger partial charge in [-0.3, -0.25) is 9.59 Å². The third-order valence-electron chi connectivity index (χ3n) is 5.00. The van der Waals surface area contributed by atoms with Gasteiger partial charge in [-0.15, -0.1) is 11.3 Å². The molecule has 1 saturated heterocycles. The van der Waals surface area contributed by atoms with Crippen LogP contribution in [-0.2, 0) is 28.9 Å². The molecule has 2 aromatic rings. The Kier molecular flexibility index (Phi) is 4.93. The van der Waals surface area contributed by atoms with E-state index in [1.165, 1.54) is 5.56 Å². The van der Waals surface area contributed by atoms with Crippen LogP contribution in [0.2, 0.25) is 0 Å². The van der Waals surface area contributed by atoms with E-state index in [0.29, 0.717) is 39.0 Å². The van der Waals surface area contributed by atoms with Gasteiger partial charge in [-0.25, -0.2) is 0 Å². The van der Waals surface area contributed by atoms with E-state index in [2.05, 4.69) is 6.07 Å². The van der Waals surface area contributed by atoms with E-state index in [1.807, 2.05) is 39.4 Å². The normalized spacial score (nSPS) is 16.3. The summed E-state index contributed by atoms with van der Waals surface area (Å²) in [6, 6.07) is 9.98. The van der Waals surface area contributed by atoms with Gasteiger partial charge < -0.3 is 14.5 Å². The van der Waals surface area contributed by atoms with Crippen LogP contribution in [0.5, 0.6) is 5.75 Å². The Morgan fingerprint density at radius 3 is 2.42 bits per heavy atom. The molecular weight excluding hydrogens is 348 g/mol. The summed E-state index contributed by atoms with van der Waals surface area (Å²) >= 11 is 1.61. The molecule has 0 spiro atoms. The molecule has 0 radical (unpaired) electrons. The average Bonchev–Trinajstić information content (AvgIpc) is 3.33. The van der Waals surface area contributed by atoms with Crippen LogP contribution in [0.15, 0.2) is 35.7 Å². The van der Waals surface area contributed by atoms with Crippen LogP contribution >= 0.6 is 11.3 Å². The molecule has 0 aliphatic carbocycles. The van der Waals surface area contributed by atoms with Crippen molar-refractivity contribution in [2.45, 2.75) is 19.3 Å². The second kappa shape index (κ2) is 7.50. The molecule has 2 amide bonds. The van der Waals surface area contributed by atoms with Crippen LogP contribution in [-0.4, -0.2) is 54.4 Å². The maximum absolute atomic E-state index is 12.6. The minimum absolute atomic E-state index is 0.134. The van der Waals surface area contributed by atoms with Crippen LogP contribution in [0.25, 0.3) is 0 Å². The summed E-state index contributed by atoms with van der Waals surface area (Å²) < 4.78 is 5.51. The number of hydrogen-bond acceptors (Lipinski definition) is 4. The van der Waals surface area contributed by atoms with Crippen molar-refractivity contribution in [3.8, 4) is 5.75 Å². The fourth-order valence-corrected chi connectivity index (χ4v) is 4.21. The van der Waals surface area contributed by atoms with Crippen LogP contribution < -0.4 is 4.74 Å². The molecule has 1 aromatic carbocycles. The lowest BCUT2D eigenvalue weighted by Gasteiger charge is -2.35. The lowest BCUT2D eigenvalue weighted by atomic mass is 10.1. The standard InChI is InChI=1S/C20H22N2O3S/c23-19(13-15-3-4-18-16(12-15)5-10-25-18)21-6-8-22(9-7-21)20(24)14-17-2-1-11-26-17/h1-4,11-12H,5-10,13-14H2. The van der Waals surface area contributed by atoms with Crippen LogP contribution in [0.3, 0.4) is 0 Å². The van der Waals surface area contributed by atoms with E-state index in [0.717, 1.165) is 29.2 Å². The highest BCUT2D eigenvalue weighted by molar-refractivity contribution is 7.10. The van der Waals surface area contributed by atoms with Crippen molar-refractivity contribution in [1.29, 1.82) is 0 Å². The van der Waals surface area contributed by atoms with Crippen molar-refractivity contribution >= 4 is 23.2 Å². The topological polar surface area (TPSA) is 49.9 Å². The molecule has 0 saturated carbocycles. The van der Waals surface area contributed by atoms with Gasteiger partial charge in [0.2, 0.25) is 11.8 Å². The Bertz CT molecular complexity index is 795. The first-order valence-corrected chi connectivity index (χ1v) is 9.89. The Labute approximate surface area is 157 Å². The van der Waals surface area contributed by atoms with Gasteiger partial charge >= 0.3 is 0 Å². The summed E-state index contributed by atoms with van der Waals surface area (Å²) in [6.07, 6.45) is 1.79. The molecule has 0 atom stereocenters. The van der Waals surface area contributed by atoms with Crippen LogP contribution in [0, 0.1) is 0 Å². The quantitative estimate of drug-likeness (QED) is 0.829. The van der Waals surface area contributed by atoms with Gasteiger partial charge in [-0.2, -0.15) is 0 Å². The Hall–Kier alpha value is -2.34. The number of carbonyl (C=O) groups excluding carboxylic acids is 2. The maximum Gasteiger partial charge on any atom is 0.227 e. The molecule has 0 unspecified atom stereocenters. The van der Waals surface area contributed by atoms with Crippen LogP contribution in [0.4, 0.5) is 0 Å². The molecule has 4 rings (SSSR count). The molecule has 3 heterocycles. The third kappa shape index (κ3) is 3.75. The van der Waals surface area contributed by atoms with Crippen molar-refractivity contribution < 1.29 is 14.3 Å². The number of rotatable bonds is 4. The summed E-state index contributed by atoms with van der Waals surface area (Å²) in [5.41, 5.74) is 2.23. The van der Waals surface area contributed by atoms with Crippen molar-refractivity contribution in [2.75, 3.05) is 32.8 Å². The van der Waals surface area contributed by atoms with E-state index >= 15 is 0 Å². The second-order valence-electron chi connectivity index (χ2n) is 6.74. The predicted molar refractivity (Wildman–Crippen MR) is 101 cm³/mol. The van der Waals surface area contributed by atoms with Gasteiger partial charge in [0, 0.05) is 37.5 Å². The lowest BCUT2D eigenvalue weighted by Crippen LogP contribution is -2.51. The highest BCUT2D eigenvalue weighted by atomic mass is 32.1. The minimum atomic E-state index is 0.134. The first-order valence-electron chi connectivity index (χ1n) is 9.01. The zero-order valence-electron chi connectivity index (χ0n) is 14.6. The zero-order valence-corrected chi connectivity index (χ0v) is 15.5. The summed E-state index contributed by atoms with van der Waals surface area (Å²) in [4.78, 5) is 29.8. The first-order chi connectivity index (χ1) is 12.7. The summed E-state index contributed by atoms with van der Waals surface area (Å²) in [7, 11) is 0. The summed E-state index contributed by atoms with van der Waals surface area (Å²) in [5.74, 6) is 1.23. The van der Waals surface area contributed by atoms with Gasteiger partial charge in [-0.05, 0) is 28.6 Å². The number of benzene rings is 1. The fraction of sp³-hybridized carbons (Fsp3) is 0.400. The highest BCUT2D eigenvalue weighted by Crippen LogP contribution is 2.26. The monoisotopic (exact) mass is 370 g/mol. The smallest absolute Gasteiger partial charge is 0.227 e. The number of fused-ring (bicyclic) bond motifs is 1. The van der Waals surface area contributed by atoms with E-state index in [1.54, 1.807) is 11.3 Å². The molecular formula is C20H22N2O3S. The number of ether oxygens (including phenoxy) is 1. The first kappa shape index (κ1) is 17.1. The fourth-order valence-electron chi connectivity index (χ4n) is 3.52. The maximum atomic E-state index is 12.6. The molecule has 1 aromatic heterocycles. The molecule has 0 N–H and O–H groups in total. The number of thiophene rings is 1. The minimum Gasteiger partial charge on any atom is -0.493 e. The number of hydrogen-bond donors (Lipinski definition) is 0. The van der Waals surface area contributed by atoms with E-state index < -0.39 is 0 Å². The molecule has 26 heavy (non-hydrogen) atoms. The lowest BCUT2D eigenvalue weighted by molar-refractivity contribution is -0.138. The van der Waals surface area contributed by atoms with Crippen molar-refractivity contribution in [2.24, 2.45) is 0 Å². The Balaban J connectivity index is 1.28. The summed E-state index contributed by atoms with van der Waals surface area (Å²) in [6.45, 7) is 3.20. The molecule has 2 aliphatic heterocycles. The van der Waals surface area contributed by atoms with Crippen molar-refractivity contribution in [3.05, 3.63) is 51.7 Å². The number of amides is 2. The van der Waals surface area contributed by atoms with Crippen molar-refractivity contribution in [1.82, 2.24) is 9.80 Å². The Morgan fingerprint density at radius 1 is 1.00 bits per heavy atom. The Morgan fingerprint density at radius 2 is 1.73 bits per heavy atom. The van der Waals surface area contributed by atoms with Gasteiger partial charge in [0.15, 0.2) is 0 Å². The molecule has 136 valence electrons. The van der Waals surface area contributed by atoms with Gasteiger partial charge in [0.05, 0.1) is 19.4 Å². The predicted octanol–water partition coefficient (Wildman–Crippen LogP) is 2.14. The highest BCUT2D eigenvalue weighted by Gasteiger charge is 2.24. The van der Waals surface area contributed by atoms with Crippen molar-refractivity contribution in [3.63, 3.8) is 0 Å². The van der Waals surface area contributed by atoms with Gasteiger partial charge in [-0.1, -0.05) is 18.2 Å².